The first-order chi connectivity index (χ1) is 6.65. The molecular formula is C11H10BrNS. The maximum Gasteiger partial charge on any atom is 0.120 e. The smallest absolute Gasteiger partial charge is 0.120 e. The number of nitrogens with zero attached hydrogens (tertiary/aromatic N) is 1. The van der Waals surface area contributed by atoms with E-state index in [9.17, 15) is 0 Å². The molecule has 0 aliphatic heterocycles. The average Bonchev–Trinajstić information content (AvgIpc) is 2.50. The van der Waals surface area contributed by atoms with Crippen molar-refractivity contribution in [3.05, 3.63) is 40.0 Å². The summed E-state index contributed by atoms with van der Waals surface area (Å²) in [5.41, 5.74) is 3.85. The molecule has 0 saturated heterocycles. The van der Waals surface area contributed by atoms with Crippen molar-refractivity contribution in [2.45, 2.75) is 13.8 Å². The number of halogens is 1. The van der Waals surface area contributed by atoms with Crippen molar-refractivity contribution in [2.75, 3.05) is 0 Å². The minimum Gasteiger partial charge on any atom is -0.185 e. The Morgan fingerprint density at radius 2 is 1.71 bits per heavy atom. The fraction of sp³-hybridized carbons (Fsp3) is 0.182. The van der Waals surface area contributed by atoms with Crippen LogP contribution in [0.4, 0.5) is 0 Å². The van der Waals surface area contributed by atoms with Gasteiger partial charge in [-0.2, -0.15) is 4.37 Å². The van der Waals surface area contributed by atoms with Crippen molar-refractivity contribution < 1.29 is 0 Å². The molecule has 1 aromatic heterocycles. The number of aromatic nitrogens is 1. The van der Waals surface area contributed by atoms with E-state index in [2.05, 4.69) is 58.4 Å². The van der Waals surface area contributed by atoms with Crippen LogP contribution in [0.25, 0.3) is 10.4 Å². The standard InChI is InChI=1S/C11H10BrNS/c1-7-3-8(2)5-9(4-7)10-6-11(12)13-14-10/h3-6H,1-2H3. The molecule has 72 valence electrons. The minimum atomic E-state index is 0.914. The van der Waals surface area contributed by atoms with E-state index in [-0.39, 0.29) is 0 Å². The van der Waals surface area contributed by atoms with Crippen LogP contribution >= 0.6 is 27.5 Å². The second-order valence-corrected chi connectivity index (χ2v) is 5.01. The Hall–Kier alpha value is -0.670. The Morgan fingerprint density at radius 1 is 1.07 bits per heavy atom. The van der Waals surface area contributed by atoms with Gasteiger partial charge in [0.1, 0.15) is 4.60 Å². The highest BCUT2D eigenvalue weighted by Gasteiger charge is 2.03. The lowest BCUT2D eigenvalue weighted by Gasteiger charge is -2.01. The van der Waals surface area contributed by atoms with Crippen LogP contribution < -0.4 is 0 Å². The maximum atomic E-state index is 4.21. The average molecular weight is 268 g/mol. The van der Waals surface area contributed by atoms with Crippen LogP contribution in [-0.2, 0) is 0 Å². The van der Waals surface area contributed by atoms with Crippen molar-refractivity contribution in [1.82, 2.24) is 4.37 Å². The molecule has 0 bridgehead atoms. The first kappa shape index (κ1) is 9.87. The highest BCUT2D eigenvalue weighted by Crippen LogP contribution is 2.28. The van der Waals surface area contributed by atoms with Crippen molar-refractivity contribution in [3.63, 3.8) is 0 Å². The summed E-state index contributed by atoms with van der Waals surface area (Å²) in [5, 5.41) is 0. The first-order valence-electron chi connectivity index (χ1n) is 4.36. The van der Waals surface area contributed by atoms with Crippen LogP contribution in [0.15, 0.2) is 28.9 Å². The maximum absolute atomic E-state index is 4.21. The van der Waals surface area contributed by atoms with Gasteiger partial charge in [-0.3, -0.25) is 0 Å². The molecule has 2 rings (SSSR count). The van der Waals surface area contributed by atoms with Gasteiger partial charge >= 0.3 is 0 Å². The Morgan fingerprint density at radius 3 is 2.21 bits per heavy atom. The largest absolute Gasteiger partial charge is 0.185 e. The molecule has 0 spiro atoms. The first-order valence-corrected chi connectivity index (χ1v) is 5.93. The molecule has 0 radical (unpaired) electrons. The molecule has 0 fully saturated rings. The molecule has 0 amide bonds. The Labute approximate surface area is 96.1 Å². The van der Waals surface area contributed by atoms with Crippen LogP contribution in [-0.4, -0.2) is 4.37 Å². The number of aryl methyl sites for hydroxylation is 2. The van der Waals surface area contributed by atoms with E-state index in [1.165, 1.54) is 33.1 Å². The van der Waals surface area contributed by atoms with Gasteiger partial charge in [-0.15, -0.1) is 0 Å². The SMILES string of the molecule is Cc1cc(C)cc(-c2cc(Br)ns2)c1. The molecule has 14 heavy (non-hydrogen) atoms. The molecule has 0 unspecified atom stereocenters. The van der Waals surface area contributed by atoms with Crippen molar-refractivity contribution in [2.24, 2.45) is 0 Å². The Kier molecular flexibility index (Phi) is 2.70. The van der Waals surface area contributed by atoms with Gasteiger partial charge < -0.3 is 0 Å². The zero-order valence-corrected chi connectivity index (χ0v) is 10.4. The van der Waals surface area contributed by atoms with Crippen LogP contribution in [0.3, 0.4) is 0 Å². The summed E-state index contributed by atoms with van der Waals surface area (Å²) in [6, 6.07) is 8.61. The zero-order chi connectivity index (χ0) is 10.1. The summed E-state index contributed by atoms with van der Waals surface area (Å²) >= 11 is 4.89. The van der Waals surface area contributed by atoms with E-state index in [0.717, 1.165) is 4.60 Å². The summed E-state index contributed by atoms with van der Waals surface area (Å²) in [5.74, 6) is 0. The van der Waals surface area contributed by atoms with E-state index < -0.39 is 0 Å². The lowest BCUT2D eigenvalue weighted by Crippen LogP contribution is -1.79. The number of benzene rings is 1. The number of hydrogen-bond donors (Lipinski definition) is 0. The van der Waals surface area contributed by atoms with E-state index in [1.54, 1.807) is 0 Å². The molecule has 0 aliphatic rings. The molecule has 0 atom stereocenters. The lowest BCUT2D eigenvalue weighted by atomic mass is 10.1. The van der Waals surface area contributed by atoms with Crippen LogP contribution in [0.1, 0.15) is 11.1 Å². The molecule has 1 nitrogen and oxygen atoms in total. The van der Waals surface area contributed by atoms with E-state index in [0.29, 0.717) is 0 Å². The predicted octanol–water partition coefficient (Wildman–Crippen LogP) is 4.19. The third-order valence-corrected chi connectivity index (χ3v) is 3.47. The molecule has 3 heteroatoms. The fourth-order valence-electron chi connectivity index (χ4n) is 1.51. The van der Waals surface area contributed by atoms with Gasteiger partial charge in [0.2, 0.25) is 0 Å². The van der Waals surface area contributed by atoms with Gasteiger partial charge in [0.25, 0.3) is 0 Å². The van der Waals surface area contributed by atoms with E-state index in [4.69, 9.17) is 0 Å². The Balaban J connectivity index is 2.51. The summed E-state index contributed by atoms with van der Waals surface area (Å²) in [4.78, 5) is 1.21. The van der Waals surface area contributed by atoms with Gasteiger partial charge in [0.15, 0.2) is 0 Å². The van der Waals surface area contributed by atoms with Crippen molar-refractivity contribution in [1.29, 1.82) is 0 Å². The lowest BCUT2D eigenvalue weighted by molar-refractivity contribution is 1.39. The highest BCUT2D eigenvalue weighted by molar-refractivity contribution is 9.10. The normalized spacial score (nSPS) is 10.5. The molecule has 1 aromatic carbocycles. The summed E-state index contributed by atoms with van der Waals surface area (Å²) in [7, 11) is 0. The monoisotopic (exact) mass is 267 g/mol. The van der Waals surface area contributed by atoms with Crippen molar-refractivity contribution >= 4 is 27.5 Å². The fourth-order valence-corrected chi connectivity index (χ4v) is 2.73. The summed E-state index contributed by atoms with van der Waals surface area (Å²) < 4.78 is 5.12. The predicted molar refractivity (Wildman–Crippen MR) is 64.7 cm³/mol. The molecule has 0 saturated carbocycles. The quantitative estimate of drug-likeness (QED) is 0.755. The zero-order valence-electron chi connectivity index (χ0n) is 8.04. The second kappa shape index (κ2) is 3.83. The number of hydrogen-bond acceptors (Lipinski definition) is 2. The molecule has 1 heterocycles. The van der Waals surface area contributed by atoms with Gasteiger partial charge in [-0.1, -0.05) is 29.3 Å². The molecular weight excluding hydrogens is 258 g/mol. The van der Waals surface area contributed by atoms with Gasteiger partial charge in [-0.25, -0.2) is 0 Å². The topological polar surface area (TPSA) is 12.9 Å². The van der Waals surface area contributed by atoms with Crippen LogP contribution in [0.5, 0.6) is 0 Å². The summed E-state index contributed by atoms with van der Waals surface area (Å²) in [6.07, 6.45) is 0. The second-order valence-electron chi connectivity index (χ2n) is 3.39. The van der Waals surface area contributed by atoms with Gasteiger partial charge in [0.05, 0.1) is 4.88 Å². The third-order valence-electron chi connectivity index (χ3n) is 1.99. The van der Waals surface area contributed by atoms with Crippen molar-refractivity contribution in [3.8, 4) is 10.4 Å². The summed E-state index contributed by atoms with van der Waals surface area (Å²) in [6.45, 7) is 4.24. The molecule has 2 aromatic rings. The number of rotatable bonds is 1. The molecule has 0 N–H and O–H groups in total. The third kappa shape index (κ3) is 2.04. The highest BCUT2D eigenvalue weighted by atomic mass is 79.9. The van der Waals surface area contributed by atoms with Crippen LogP contribution in [0.2, 0.25) is 0 Å². The van der Waals surface area contributed by atoms with E-state index >= 15 is 0 Å². The van der Waals surface area contributed by atoms with Crippen LogP contribution in [0, 0.1) is 13.8 Å². The van der Waals surface area contributed by atoms with Gasteiger partial charge in [-0.05, 0) is 52.9 Å². The minimum absolute atomic E-state index is 0.914. The van der Waals surface area contributed by atoms with Gasteiger partial charge in [0, 0.05) is 0 Å². The van der Waals surface area contributed by atoms with E-state index in [1.807, 2.05) is 0 Å². The Bertz CT molecular complexity index is 442. The molecule has 0 aliphatic carbocycles.